The van der Waals surface area contributed by atoms with Gasteiger partial charge >= 0.3 is 0 Å². The van der Waals surface area contributed by atoms with Crippen LogP contribution in [0.1, 0.15) is 24.8 Å². The molecule has 110 valence electrons. The third kappa shape index (κ3) is 3.78. The predicted molar refractivity (Wildman–Crippen MR) is 80.5 cm³/mol. The number of carbonyl (C=O) groups is 1. The van der Waals surface area contributed by atoms with E-state index in [0.29, 0.717) is 22.3 Å². The van der Waals surface area contributed by atoms with Gasteiger partial charge in [0.05, 0.1) is 18.2 Å². The minimum absolute atomic E-state index is 0.0505. The van der Waals surface area contributed by atoms with Crippen LogP contribution in [-0.4, -0.2) is 25.6 Å². The lowest BCUT2D eigenvalue weighted by Crippen LogP contribution is -2.42. The number of carbonyl (C=O) groups excluding carboxylic acids is 1. The van der Waals surface area contributed by atoms with E-state index in [1.165, 1.54) is 0 Å². The Bertz CT molecular complexity index is 494. The summed E-state index contributed by atoms with van der Waals surface area (Å²) in [6.45, 7) is 1.24. The van der Waals surface area contributed by atoms with Crippen LogP contribution in [0, 0.1) is 0 Å². The van der Waals surface area contributed by atoms with Gasteiger partial charge in [0.1, 0.15) is 5.75 Å². The van der Waals surface area contributed by atoms with Gasteiger partial charge in [-0.1, -0.05) is 23.2 Å². The highest BCUT2D eigenvalue weighted by molar-refractivity contribution is 6.35. The molecule has 20 heavy (non-hydrogen) atoms. The Kier molecular flexibility index (Phi) is 5.52. The molecule has 0 aromatic heterocycles. The van der Waals surface area contributed by atoms with Gasteiger partial charge in [-0.2, -0.15) is 0 Å². The van der Waals surface area contributed by atoms with Crippen LogP contribution in [0.2, 0.25) is 10.0 Å². The number of hydrogen-bond donors (Lipinski definition) is 2. The smallest absolute Gasteiger partial charge is 0.237 e. The Morgan fingerprint density at radius 2 is 2.20 bits per heavy atom. The number of benzene rings is 1. The van der Waals surface area contributed by atoms with E-state index >= 15 is 0 Å². The van der Waals surface area contributed by atoms with Gasteiger partial charge in [-0.25, -0.2) is 0 Å². The average Bonchev–Trinajstić information content (AvgIpc) is 2.60. The number of rotatable bonds is 4. The lowest BCUT2D eigenvalue weighted by atomic mass is 10.1. The van der Waals surface area contributed by atoms with E-state index in [4.69, 9.17) is 27.9 Å². The fourth-order valence-corrected chi connectivity index (χ4v) is 2.95. The molecule has 1 aromatic rings. The molecule has 0 spiro atoms. The molecule has 2 rings (SSSR count). The topological polar surface area (TPSA) is 50.4 Å². The fraction of sp³-hybridized carbons (Fsp3) is 0.500. The molecule has 2 N–H and O–H groups in total. The molecule has 1 saturated heterocycles. The molecular weight excluding hydrogens is 299 g/mol. The molecule has 0 saturated carbocycles. The highest BCUT2D eigenvalue weighted by atomic mass is 35.5. The molecule has 6 heteroatoms. The summed E-state index contributed by atoms with van der Waals surface area (Å²) in [7, 11) is 1.57. The monoisotopic (exact) mass is 316 g/mol. The third-order valence-corrected chi connectivity index (χ3v) is 3.86. The van der Waals surface area contributed by atoms with Crippen molar-refractivity contribution < 1.29 is 9.53 Å². The second-order valence-electron chi connectivity index (χ2n) is 4.80. The molecule has 1 aromatic carbocycles. The molecule has 0 aliphatic carbocycles. The van der Waals surface area contributed by atoms with Crippen LogP contribution >= 0.6 is 23.2 Å². The first-order valence-corrected chi connectivity index (χ1v) is 7.40. The van der Waals surface area contributed by atoms with Crippen molar-refractivity contribution in [3.05, 3.63) is 27.7 Å². The van der Waals surface area contributed by atoms with Crippen molar-refractivity contribution in [1.82, 2.24) is 10.6 Å². The standard InChI is InChI=1S/C14H18Cl2N2O2/c1-20-13-9(6-10(15)7-11(13)16)8-18-12-4-2-3-5-17-14(12)19/h6-7,12,18H,2-5,8H2,1H3,(H,17,19). The molecule has 1 fully saturated rings. The Morgan fingerprint density at radius 1 is 1.40 bits per heavy atom. The molecule has 1 aliphatic rings. The number of ether oxygens (including phenoxy) is 1. The van der Waals surface area contributed by atoms with Gasteiger partial charge in [-0.05, 0) is 31.4 Å². The van der Waals surface area contributed by atoms with Crippen LogP contribution in [-0.2, 0) is 11.3 Å². The Balaban J connectivity index is 2.08. The van der Waals surface area contributed by atoms with Crippen molar-refractivity contribution in [3.8, 4) is 5.75 Å². The highest BCUT2D eigenvalue weighted by Gasteiger charge is 2.20. The third-order valence-electron chi connectivity index (χ3n) is 3.36. The van der Waals surface area contributed by atoms with Gasteiger partial charge in [0.15, 0.2) is 0 Å². The van der Waals surface area contributed by atoms with Gasteiger partial charge in [0.25, 0.3) is 0 Å². The van der Waals surface area contributed by atoms with Gasteiger partial charge in [-0.3, -0.25) is 4.79 Å². The van der Waals surface area contributed by atoms with Crippen LogP contribution in [0.15, 0.2) is 12.1 Å². The zero-order valence-corrected chi connectivity index (χ0v) is 12.9. The molecule has 0 radical (unpaired) electrons. The summed E-state index contributed by atoms with van der Waals surface area (Å²) in [6, 6.07) is 3.26. The molecule has 1 aliphatic heterocycles. The summed E-state index contributed by atoms with van der Waals surface area (Å²) in [5.41, 5.74) is 0.849. The highest BCUT2D eigenvalue weighted by Crippen LogP contribution is 2.32. The van der Waals surface area contributed by atoms with Crippen LogP contribution in [0.25, 0.3) is 0 Å². The molecule has 1 amide bonds. The van der Waals surface area contributed by atoms with Crippen LogP contribution < -0.4 is 15.4 Å². The minimum Gasteiger partial charge on any atom is -0.495 e. The van der Waals surface area contributed by atoms with E-state index in [0.717, 1.165) is 31.4 Å². The maximum Gasteiger partial charge on any atom is 0.237 e. The number of halogens is 2. The molecule has 1 unspecified atom stereocenters. The van der Waals surface area contributed by atoms with Crippen molar-refractivity contribution in [2.24, 2.45) is 0 Å². The van der Waals surface area contributed by atoms with E-state index in [2.05, 4.69) is 10.6 Å². The SMILES string of the molecule is COc1c(Cl)cc(Cl)cc1CNC1CCCCNC1=O. The van der Waals surface area contributed by atoms with Crippen LogP contribution in [0.4, 0.5) is 0 Å². The van der Waals surface area contributed by atoms with Crippen molar-refractivity contribution >= 4 is 29.1 Å². The number of amides is 1. The summed E-state index contributed by atoms with van der Waals surface area (Å²) in [6.07, 6.45) is 2.89. The van der Waals surface area contributed by atoms with Crippen molar-refractivity contribution in [1.29, 1.82) is 0 Å². The van der Waals surface area contributed by atoms with Gasteiger partial charge in [0.2, 0.25) is 5.91 Å². The zero-order chi connectivity index (χ0) is 14.5. The number of hydrogen-bond acceptors (Lipinski definition) is 3. The van der Waals surface area contributed by atoms with Crippen molar-refractivity contribution in [3.63, 3.8) is 0 Å². The van der Waals surface area contributed by atoms with Gasteiger partial charge in [0, 0.05) is 23.7 Å². The molecule has 4 nitrogen and oxygen atoms in total. The summed E-state index contributed by atoms with van der Waals surface area (Å²) in [5, 5.41) is 7.17. The van der Waals surface area contributed by atoms with Crippen molar-refractivity contribution in [2.75, 3.05) is 13.7 Å². The average molecular weight is 317 g/mol. The number of nitrogens with one attached hydrogen (secondary N) is 2. The van der Waals surface area contributed by atoms with E-state index < -0.39 is 0 Å². The first kappa shape index (κ1) is 15.4. The summed E-state index contributed by atoms with van der Waals surface area (Å²) < 4.78 is 5.29. The fourth-order valence-electron chi connectivity index (χ4n) is 2.34. The summed E-state index contributed by atoms with van der Waals surface area (Å²) in [4.78, 5) is 11.9. The van der Waals surface area contributed by atoms with E-state index in [9.17, 15) is 4.79 Å². The Hall–Kier alpha value is -0.970. The molecule has 0 bridgehead atoms. The summed E-state index contributed by atoms with van der Waals surface area (Å²) in [5.74, 6) is 0.646. The lowest BCUT2D eigenvalue weighted by Gasteiger charge is -2.17. The van der Waals surface area contributed by atoms with E-state index in [-0.39, 0.29) is 11.9 Å². The zero-order valence-electron chi connectivity index (χ0n) is 11.3. The Morgan fingerprint density at radius 3 is 2.95 bits per heavy atom. The summed E-state index contributed by atoms with van der Waals surface area (Å²) >= 11 is 12.1. The second kappa shape index (κ2) is 7.16. The maximum atomic E-state index is 11.9. The quantitative estimate of drug-likeness (QED) is 0.898. The Labute approximate surface area is 128 Å². The normalized spacial score (nSPS) is 19.4. The first-order chi connectivity index (χ1) is 9.61. The first-order valence-electron chi connectivity index (χ1n) is 6.65. The van der Waals surface area contributed by atoms with Crippen LogP contribution in [0.5, 0.6) is 5.75 Å². The molecule has 1 heterocycles. The maximum absolute atomic E-state index is 11.9. The minimum atomic E-state index is -0.181. The lowest BCUT2D eigenvalue weighted by molar-refractivity contribution is -0.122. The molecule has 1 atom stereocenters. The largest absolute Gasteiger partial charge is 0.495 e. The van der Waals surface area contributed by atoms with Crippen molar-refractivity contribution in [2.45, 2.75) is 31.8 Å². The van der Waals surface area contributed by atoms with Gasteiger partial charge in [-0.15, -0.1) is 0 Å². The number of methoxy groups -OCH3 is 1. The van der Waals surface area contributed by atoms with E-state index in [1.54, 1.807) is 19.2 Å². The predicted octanol–water partition coefficient (Wildman–Crippen LogP) is 2.76. The van der Waals surface area contributed by atoms with Gasteiger partial charge < -0.3 is 15.4 Å². The van der Waals surface area contributed by atoms with Crippen LogP contribution in [0.3, 0.4) is 0 Å². The second-order valence-corrected chi connectivity index (χ2v) is 5.64. The molecular formula is C14H18Cl2N2O2. The van der Waals surface area contributed by atoms with E-state index in [1.807, 2.05) is 0 Å².